The molecule has 0 atom stereocenters. The first-order valence-electron chi connectivity index (χ1n) is 6.97. The van der Waals surface area contributed by atoms with Crippen LogP contribution in [0.2, 0.25) is 0 Å². The third-order valence-corrected chi connectivity index (χ3v) is 5.51. The van der Waals surface area contributed by atoms with Gasteiger partial charge >= 0.3 is 0 Å². The summed E-state index contributed by atoms with van der Waals surface area (Å²) in [6, 6.07) is 12.2. The van der Waals surface area contributed by atoms with Gasteiger partial charge in [0, 0.05) is 11.4 Å². The second-order valence-electron chi connectivity index (χ2n) is 5.02. The zero-order chi connectivity index (χ0) is 16.7. The molecule has 0 aliphatic carbocycles. The van der Waals surface area contributed by atoms with Gasteiger partial charge in [-0.15, -0.1) is 11.3 Å². The van der Waals surface area contributed by atoms with Crippen LogP contribution < -0.4 is 5.32 Å². The van der Waals surface area contributed by atoms with E-state index in [1.165, 1.54) is 0 Å². The molecule has 1 aromatic heterocycles. The number of nitriles is 1. The van der Waals surface area contributed by atoms with E-state index in [1.54, 1.807) is 35.6 Å². The predicted molar refractivity (Wildman–Crippen MR) is 89.7 cm³/mol. The molecule has 120 valence electrons. The number of sulfone groups is 1. The van der Waals surface area contributed by atoms with Crippen LogP contribution >= 0.6 is 11.3 Å². The monoisotopic (exact) mass is 348 g/mol. The quantitative estimate of drug-likeness (QED) is 0.828. The van der Waals surface area contributed by atoms with Crippen molar-refractivity contribution >= 4 is 27.1 Å². The molecule has 0 aliphatic rings. The minimum atomic E-state index is -3.53. The van der Waals surface area contributed by atoms with Gasteiger partial charge in [-0.05, 0) is 35.6 Å². The summed E-state index contributed by atoms with van der Waals surface area (Å²) in [6.45, 7) is 0.422. The first kappa shape index (κ1) is 17.2. The summed E-state index contributed by atoms with van der Waals surface area (Å²) in [5, 5.41) is 13.3. The highest BCUT2D eigenvalue weighted by molar-refractivity contribution is 7.91. The van der Waals surface area contributed by atoms with Gasteiger partial charge in [0.1, 0.15) is 5.75 Å². The minimum absolute atomic E-state index is 0.211. The van der Waals surface area contributed by atoms with Crippen LogP contribution in [0.1, 0.15) is 16.0 Å². The molecule has 2 aromatic rings. The molecule has 0 fully saturated rings. The lowest BCUT2D eigenvalue weighted by Crippen LogP contribution is -2.32. The number of thiophene rings is 1. The summed E-state index contributed by atoms with van der Waals surface area (Å²) in [4.78, 5) is 12.9. The van der Waals surface area contributed by atoms with Gasteiger partial charge in [0.25, 0.3) is 0 Å². The molecule has 0 saturated carbocycles. The number of carbonyl (C=O) groups excluding carboxylic acids is 1. The largest absolute Gasteiger partial charge is 0.355 e. The molecular weight excluding hydrogens is 332 g/mol. The van der Waals surface area contributed by atoms with E-state index in [9.17, 15) is 13.2 Å². The molecule has 1 heterocycles. The number of benzene rings is 1. The van der Waals surface area contributed by atoms with Crippen LogP contribution in [0, 0.1) is 11.3 Å². The van der Waals surface area contributed by atoms with Gasteiger partial charge in [0.2, 0.25) is 5.91 Å². The average molecular weight is 348 g/mol. The van der Waals surface area contributed by atoms with Crippen LogP contribution in [0.4, 0.5) is 0 Å². The van der Waals surface area contributed by atoms with Crippen molar-refractivity contribution in [2.45, 2.75) is 12.2 Å². The molecule has 1 N–H and O–H groups in total. The number of hydrogen-bond donors (Lipinski definition) is 1. The Bertz CT molecular complexity index is 789. The Labute approximate surface area is 139 Å². The Kier molecular flexibility index (Phi) is 5.90. The topological polar surface area (TPSA) is 87.0 Å². The van der Waals surface area contributed by atoms with Crippen LogP contribution in [0.25, 0.3) is 0 Å². The molecule has 0 radical (unpaired) electrons. The number of nitrogens with zero attached hydrogens (tertiary/aromatic N) is 1. The van der Waals surface area contributed by atoms with Gasteiger partial charge in [-0.3, -0.25) is 4.79 Å². The van der Waals surface area contributed by atoms with E-state index in [0.717, 1.165) is 4.88 Å². The van der Waals surface area contributed by atoms with Crippen molar-refractivity contribution in [3.63, 3.8) is 0 Å². The maximum atomic E-state index is 12.0. The molecule has 0 bridgehead atoms. The van der Waals surface area contributed by atoms with Gasteiger partial charge in [-0.2, -0.15) is 5.26 Å². The highest BCUT2D eigenvalue weighted by Gasteiger charge is 2.17. The maximum absolute atomic E-state index is 12.0. The fraction of sp³-hybridized carbons (Fsp3) is 0.250. The lowest BCUT2D eigenvalue weighted by molar-refractivity contribution is -0.118. The molecule has 0 saturated heterocycles. The number of nitrogens with one attached hydrogen (secondary N) is 1. The van der Waals surface area contributed by atoms with E-state index in [2.05, 4.69) is 5.32 Å². The first-order valence-corrected chi connectivity index (χ1v) is 9.67. The van der Waals surface area contributed by atoms with E-state index in [4.69, 9.17) is 5.26 Å². The van der Waals surface area contributed by atoms with Crippen LogP contribution in [-0.2, 0) is 26.8 Å². The third kappa shape index (κ3) is 5.85. The zero-order valence-electron chi connectivity index (χ0n) is 12.4. The lowest BCUT2D eigenvalue weighted by atomic mass is 10.2. The molecule has 2 rings (SSSR count). The van der Waals surface area contributed by atoms with Crippen LogP contribution in [0.15, 0.2) is 41.8 Å². The van der Waals surface area contributed by atoms with Crippen molar-refractivity contribution in [2.75, 3.05) is 12.3 Å². The molecule has 0 spiro atoms. The standard InChI is InChI=1S/C16H16N2O3S2/c17-10-13-3-5-14(6-4-13)11-23(20,21)12-16(19)18-8-7-15-2-1-9-22-15/h1-6,9H,7-8,11-12H2,(H,18,19). The highest BCUT2D eigenvalue weighted by Crippen LogP contribution is 2.09. The van der Waals surface area contributed by atoms with Crippen molar-refractivity contribution in [1.82, 2.24) is 5.32 Å². The van der Waals surface area contributed by atoms with Crippen molar-refractivity contribution in [3.8, 4) is 6.07 Å². The molecule has 0 unspecified atom stereocenters. The Balaban J connectivity index is 1.82. The van der Waals surface area contributed by atoms with E-state index >= 15 is 0 Å². The van der Waals surface area contributed by atoms with E-state index < -0.39 is 21.5 Å². The van der Waals surface area contributed by atoms with E-state index in [1.807, 2.05) is 23.6 Å². The van der Waals surface area contributed by atoms with E-state index in [-0.39, 0.29) is 5.75 Å². The Hall–Kier alpha value is -2.17. The number of carbonyl (C=O) groups is 1. The fourth-order valence-electron chi connectivity index (χ4n) is 2.01. The summed E-state index contributed by atoms with van der Waals surface area (Å²) >= 11 is 1.60. The smallest absolute Gasteiger partial charge is 0.235 e. The second kappa shape index (κ2) is 7.90. The van der Waals surface area contributed by atoms with Crippen LogP contribution in [0.3, 0.4) is 0 Å². The fourth-order valence-corrected chi connectivity index (χ4v) is 4.02. The molecule has 1 aromatic carbocycles. The summed E-state index contributed by atoms with van der Waals surface area (Å²) < 4.78 is 24.1. The van der Waals surface area contributed by atoms with Gasteiger partial charge < -0.3 is 5.32 Å². The minimum Gasteiger partial charge on any atom is -0.355 e. The molecule has 23 heavy (non-hydrogen) atoms. The second-order valence-corrected chi connectivity index (χ2v) is 8.12. The number of amides is 1. The first-order chi connectivity index (χ1) is 11.0. The summed E-state index contributed by atoms with van der Waals surface area (Å²) in [5.41, 5.74) is 1.04. The van der Waals surface area contributed by atoms with Crippen LogP contribution in [-0.4, -0.2) is 26.6 Å². The van der Waals surface area contributed by atoms with Gasteiger partial charge in [0.05, 0.1) is 17.4 Å². The van der Waals surface area contributed by atoms with Crippen LogP contribution in [0.5, 0.6) is 0 Å². The lowest BCUT2D eigenvalue weighted by Gasteiger charge is -2.06. The normalized spacial score (nSPS) is 10.9. The van der Waals surface area contributed by atoms with Gasteiger partial charge in [0.15, 0.2) is 9.84 Å². The Morgan fingerprint density at radius 1 is 1.22 bits per heavy atom. The molecule has 0 aliphatic heterocycles. The van der Waals surface area contributed by atoms with Crippen molar-refractivity contribution in [2.24, 2.45) is 0 Å². The average Bonchev–Trinajstić information content (AvgIpc) is 3.00. The molecule has 7 heteroatoms. The summed E-state index contributed by atoms with van der Waals surface area (Å²) in [5.74, 6) is -1.23. The third-order valence-electron chi connectivity index (χ3n) is 3.09. The Morgan fingerprint density at radius 3 is 2.57 bits per heavy atom. The molecular formula is C16H16N2O3S2. The molecule has 5 nitrogen and oxygen atoms in total. The van der Waals surface area contributed by atoms with Crippen molar-refractivity contribution in [3.05, 3.63) is 57.8 Å². The number of hydrogen-bond acceptors (Lipinski definition) is 5. The summed E-state index contributed by atoms with van der Waals surface area (Å²) in [6.07, 6.45) is 0.694. The number of rotatable bonds is 7. The van der Waals surface area contributed by atoms with Gasteiger partial charge in [-0.1, -0.05) is 18.2 Å². The maximum Gasteiger partial charge on any atom is 0.235 e. The SMILES string of the molecule is N#Cc1ccc(CS(=O)(=O)CC(=O)NCCc2cccs2)cc1. The predicted octanol–water partition coefficient (Wildman–Crippen LogP) is 1.89. The van der Waals surface area contributed by atoms with Gasteiger partial charge in [-0.25, -0.2) is 8.42 Å². The highest BCUT2D eigenvalue weighted by atomic mass is 32.2. The Morgan fingerprint density at radius 2 is 1.96 bits per heavy atom. The zero-order valence-corrected chi connectivity index (χ0v) is 14.0. The summed E-state index contributed by atoms with van der Waals surface area (Å²) in [7, 11) is -3.53. The molecule has 1 amide bonds. The van der Waals surface area contributed by atoms with Crippen molar-refractivity contribution < 1.29 is 13.2 Å². The van der Waals surface area contributed by atoms with E-state index in [0.29, 0.717) is 24.1 Å². The van der Waals surface area contributed by atoms with Crippen molar-refractivity contribution in [1.29, 1.82) is 5.26 Å².